The van der Waals surface area contributed by atoms with Crippen molar-refractivity contribution < 1.29 is 0 Å². The molecule has 1 aliphatic carbocycles. The van der Waals surface area contributed by atoms with Gasteiger partial charge in [0.2, 0.25) is 0 Å². The second kappa shape index (κ2) is 9.05. The first-order valence-corrected chi connectivity index (χ1v) is 6.27. The van der Waals surface area contributed by atoms with Gasteiger partial charge in [-0.3, -0.25) is 0 Å². The number of allylic oxidation sites excluding steroid dienone is 4. The molecule has 14 heavy (non-hydrogen) atoms. The minimum Gasteiger partial charge on any atom is -0.0807 e. The molecule has 0 unspecified atom stereocenters. The van der Waals surface area contributed by atoms with Crippen LogP contribution in [0.2, 0.25) is 0 Å². The van der Waals surface area contributed by atoms with Gasteiger partial charge in [-0.2, -0.15) is 0 Å². The molecule has 0 heterocycles. The Hall–Kier alpha value is -0.520. The van der Waals surface area contributed by atoms with Gasteiger partial charge in [-0.25, -0.2) is 0 Å². The summed E-state index contributed by atoms with van der Waals surface area (Å²) in [5, 5.41) is 0. The second-order valence-electron chi connectivity index (χ2n) is 3.54. The summed E-state index contributed by atoms with van der Waals surface area (Å²) < 4.78 is 0. The summed E-state index contributed by atoms with van der Waals surface area (Å²) >= 11 is 0. The van der Waals surface area contributed by atoms with E-state index in [1.807, 2.05) is 13.8 Å². The molecule has 0 fully saturated rings. The maximum atomic E-state index is 2.44. The van der Waals surface area contributed by atoms with Crippen LogP contribution >= 0.6 is 0 Å². The smallest absolute Gasteiger partial charge is 0.0282 e. The first kappa shape index (κ1) is 13.5. The zero-order valence-corrected chi connectivity index (χ0v) is 10.4. The lowest BCUT2D eigenvalue weighted by Gasteiger charge is -2.14. The van der Waals surface area contributed by atoms with E-state index in [0.717, 1.165) is 0 Å². The van der Waals surface area contributed by atoms with Crippen molar-refractivity contribution in [2.75, 3.05) is 0 Å². The molecule has 0 atom stereocenters. The average Bonchev–Trinajstić information content (AvgIpc) is 2.25. The third kappa shape index (κ3) is 4.64. The molecule has 0 aromatic carbocycles. The van der Waals surface area contributed by atoms with E-state index in [9.17, 15) is 0 Å². The van der Waals surface area contributed by atoms with E-state index in [1.54, 1.807) is 11.1 Å². The van der Waals surface area contributed by atoms with Gasteiger partial charge >= 0.3 is 0 Å². The maximum Gasteiger partial charge on any atom is -0.0282 e. The molecule has 0 aromatic rings. The van der Waals surface area contributed by atoms with E-state index in [0.29, 0.717) is 0 Å². The van der Waals surface area contributed by atoms with Crippen LogP contribution in [0.1, 0.15) is 66.2 Å². The third-order valence-corrected chi connectivity index (χ3v) is 2.40. The minimum absolute atomic E-state index is 1.27. The highest BCUT2D eigenvalue weighted by atomic mass is 14.1. The van der Waals surface area contributed by atoms with Crippen molar-refractivity contribution in [1.82, 2.24) is 0 Å². The van der Waals surface area contributed by atoms with E-state index in [-0.39, 0.29) is 0 Å². The van der Waals surface area contributed by atoms with E-state index in [4.69, 9.17) is 0 Å². The van der Waals surface area contributed by atoms with Gasteiger partial charge in [0.15, 0.2) is 0 Å². The van der Waals surface area contributed by atoms with E-state index < -0.39 is 0 Å². The molecule has 0 saturated heterocycles. The van der Waals surface area contributed by atoms with Crippen LogP contribution in [0.4, 0.5) is 0 Å². The molecule has 82 valence electrons. The summed E-state index contributed by atoms with van der Waals surface area (Å²) in [5.41, 5.74) is 3.26. The van der Waals surface area contributed by atoms with Crippen LogP contribution < -0.4 is 0 Å². The van der Waals surface area contributed by atoms with Crippen LogP contribution in [-0.4, -0.2) is 0 Å². The Morgan fingerprint density at radius 1 is 0.857 bits per heavy atom. The van der Waals surface area contributed by atoms with Gasteiger partial charge in [0, 0.05) is 0 Å². The number of hydrogen-bond acceptors (Lipinski definition) is 0. The van der Waals surface area contributed by atoms with Gasteiger partial charge in [0.05, 0.1) is 0 Å². The van der Waals surface area contributed by atoms with E-state index in [2.05, 4.69) is 26.0 Å². The first-order chi connectivity index (χ1) is 6.88. The topological polar surface area (TPSA) is 0 Å². The Balaban J connectivity index is 0.000000791. The molecular weight excluding hydrogens is 168 g/mol. The molecule has 0 heteroatoms. The third-order valence-electron chi connectivity index (χ3n) is 2.40. The Kier molecular flexibility index (Phi) is 8.72. The summed E-state index contributed by atoms with van der Waals surface area (Å²) in [7, 11) is 0. The van der Waals surface area contributed by atoms with E-state index in [1.165, 1.54) is 38.5 Å². The van der Waals surface area contributed by atoms with Crippen molar-refractivity contribution in [3.05, 3.63) is 23.3 Å². The minimum atomic E-state index is 1.27. The van der Waals surface area contributed by atoms with Gasteiger partial charge in [-0.15, -0.1) is 0 Å². The molecule has 0 bridgehead atoms. The molecular formula is C14H26. The first-order valence-electron chi connectivity index (χ1n) is 6.27. The van der Waals surface area contributed by atoms with Gasteiger partial charge < -0.3 is 0 Å². The average molecular weight is 194 g/mol. The van der Waals surface area contributed by atoms with Crippen molar-refractivity contribution >= 4 is 0 Å². The van der Waals surface area contributed by atoms with Crippen molar-refractivity contribution in [1.29, 1.82) is 0 Å². The van der Waals surface area contributed by atoms with Gasteiger partial charge in [0.1, 0.15) is 0 Å². The fourth-order valence-electron chi connectivity index (χ4n) is 1.84. The zero-order chi connectivity index (χ0) is 10.8. The number of rotatable bonds is 4. The Morgan fingerprint density at radius 3 is 1.50 bits per heavy atom. The van der Waals surface area contributed by atoms with Crippen molar-refractivity contribution in [2.45, 2.75) is 66.2 Å². The zero-order valence-electron chi connectivity index (χ0n) is 10.4. The second-order valence-corrected chi connectivity index (χ2v) is 3.54. The highest BCUT2D eigenvalue weighted by Crippen LogP contribution is 2.25. The lowest BCUT2D eigenvalue weighted by atomic mass is 9.92. The highest BCUT2D eigenvalue weighted by Gasteiger charge is 2.06. The fraction of sp³-hybridized carbons (Fsp3) is 0.714. The van der Waals surface area contributed by atoms with Crippen LogP contribution in [0, 0.1) is 0 Å². The Bertz CT molecular complexity index is 162. The molecule has 0 radical (unpaired) electrons. The van der Waals surface area contributed by atoms with Crippen LogP contribution in [-0.2, 0) is 0 Å². The normalized spacial score (nSPS) is 15.1. The molecule has 0 spiro atoms. The summed E-state index contributed by atoms with van der Waals surface area (Å²) in [6.45, 7) is 8.53. The van der Waals surface area contributed by atoms with E-state index >= 15 is 0 Å². The van der Waals surface area contributed by atoms with Crippen LogP contribution in [0.3, 0.4) is 0 Å². The predicted octanol–water partition coefficient (Wildman–Crippen LogP) is 5.26. The summed E-state index contributed by atoms with van der Waals surface area (Å²) in [4.78, 5) is 0. The number of hydrogen-bond donors (Lipinski definition) is 0. The van der Waals surface area contributed by atoms with Gasteiger partial charge in [0.25, 0.3) is 0 Å². The van der Waals surface area contributed by atoms with Gasteiger partial charge in [-0.1, -0.05) is 52.7 Å². The predicted molar refractivity (Wildman–Crippen MR) is 66.6 cm³/mol. The molecule has 0 saturated carbocycles. The summed E-state index contributed by atoms with van der Waals surface area (Å²) in [5.74, 6) is 0. The maximum absolute atomic E-state index is 2.44. The molecule has 1 aliphatic rings. The Labute approximate surface area is 90.1 Å². The molecule has 0 aromatic heterocycles. The lowest BCUT2D eigenvalue weighted by molar-refractivity contribution is 0.817. The largest absolute Gasteiger partial charge is 0.0807 e. The van der Waals surface area contributed by atoms with Crippen LogP contribution in [0.25, 0.3) is 0 Å². The fourth-order valence-corrected chi connectivity index (χ4v) is 1.84. The van der Waals surface area contributed by atoms with Crippen molar-refractivity contribution in [3.63, 3.8) is 0 Å². The van der Waals surface area contributed by atoms with Crippen molar-refractivity contribution in [3.8, 4) is 0 Å². The standard InChI is InChI=1S/C12H20.C2H6/c1-3-7-11-9-5-6-10-12(11)8-4-2;1-2/h9-10H,3-8H2,1-2H3;1-2H3. The molecule has 0 amide bonds. The quantitative estimate of drug-likeness (QED) is 0.572. The molecule has 1 rings (SSSR count). The van der Waals surface area contributed by atoms with Crippen LogP contribution in [0.15, 0.2) is 23.3 Å². The summed E-state index contributed by atoms with van der Waals surface area (Å²) in [6, 6.07) is 0. The van der Waals surface area contributed by atoms with Crippen LogP contribution in [0.5, 0.6) is 0 Å². The van der Waals surface area contributed by atoms with Gasteiger partial charge in [-0.05, 0) is 36.8 Å². The molecule has 0 nitrogen and oxygen atoms in total. The lowest BCUT2D eigenvalue weighted by Crippen LogP contribution is -1.95. The monoisotopic (exact) mass is 194 g/mol. The SMILES string of the molecule is CC.CCCC1=CCCC=C1CCC. The van der Waals surface area contributed by atoms with Crippen molar-refractivity contribution in [2.24, 2.45) is 0 Å². The molecule has 0 N–H and O–H groups in total. The highest BCUT2D eigenvalue weighted by molar-refractivity contribution is 5.33. The summed E-state index contributed by atoms with van der Waals surface area (Å²) in [6.07, 6.45) is 12.5. The molecule has 0 aliphatic heterocycles. The Morgan fingerprint density at radius 2 is 1.21 bits per heavy atom.